The first kappa shape index (κ1) is 16.3. The van der Waals surface area contributed by atoms with Crippen LogP contribution in [0, 0.1) is 0 Å². The van der Waals surface area contributed by atoms with Crippen LogP contribution < -0.4 is 5.56 Å². The Morgan fingerprint density at radius 1 is 1.17 bits per heavy atom. The van der Waals surface area contributed by atoms with Crippen LogP contribution in [0.3, 0.4) is 0 Å². The Balaban J connectivity index is 1.90. The van der Waals surface area contributed by atoms with E-state index in [1.165, 1.54) is 18.4 Å². The highest BCUT2D eigenvalue weighted by atomic mass is 16.1. The van der Waals surface area contributed by atoms with E-state index in [4.69, 9.17) is 0 Å². The van der Waals surface area contributed by atoms with E-state index in [1.54, 1.807) is 17.2 Å². The number of nitrogens with zero attached hydrogens (tertiary/aromatic N) is 3. The van der Waals surface area contributed by atoms with Crippen LogP contribution in [-0.4, -0.2) is 19.3 Å². The number of H-pyrrole nitrogens is 1. The molecule has 0 radical (unpaired) electrons. The van der Waals surface area contributed by atoms with Crippen molar-refractivity contribution in [1.29, 1.82) is 0 Å². The average Bonchev–Trinajstić information content (AvgIpc) is 3.22. The molecule has 0 saturated heterocycles. The van der Waals surface area contributed by atoms with Crippen molar-refractivity contribution in [2.75, 3.05) is 0 Å². The Morgan fingerprint density at radius 2 is 1.96 bits per heavy atom. The molecule has 0 aliphatic carbocycles. The van der Waals surface area contributed by atoms with Gasteiger partial charge in [0.15, 0.2) is 0 Å². The third kappa shape index (κ3) is 3.35. The van der Waals surface area contributed by atoms with Crippen molar-refractivity contribution in [3.63, 3.8) is 0 Å². The lowest BCUT2D eigenvalue weighted by Crippen LogP contribution is -2.17. The van der Waals surface area contributed by atoms with Crippen molar-refractivity contribution in [3.05, 3.63) is 70.2 Å². The van der Waals surface area contributed by atoms with Crippen LogP contribution in [0.2, 0.25) is 0 Å². The van der Waals surface area contributed by atoms with Gasteiger partial charge in [-0.25, -0.2) is 9.67 Å². The molecular formula is C19H24N4O. The maximum absolute atomic E-state index is 12.7. The van der Waals surface area contributed by atoms with Gasteiger partial charge in [-0.05, 0) is 37.0 Å². The Kier molecular flexibility index (Phi) is 4.99. The van der Waals surface area contributed by atoms with Crippen LogP contribution in [0.1, 0.15) is 43.5 Å². The van der Waals surface area contributed by atoms with E-state index in [1.807, 2.05) is 29.8 Å². The van der Waals surface area contributed by atoms with E-state index < -0.39 is 0 Å². The first-order valence-corrected chi connectivity index (χ1v) is 8.60. The third-order valence-electron chi connectivity index (χ3n) is 4.34. The van der Waals surface area contributed by atoms with Crippen LogP contribution >= 0.6 is 0 Å². The predicted octanol–water partition coefficient (Wildman–Crippen LogP) is 3.32. The van der Waals surface area contributed by atoms with Gasteiger partial charge >= 0.3 is 0 Å². The van der Waals surface area contributed by atoms with Gasteiger partial charge in [0.2, 0.25) is 0 Å². The summed E-state index contributed by atoms with van der Waals surface area (Å²) in [6, 6.07) is 8.26. The molecule has 0 saturated carbocycles. The molecule has 0 atom stereocenters. The number of benzene rings is 1. The molecule has 0 bridgehead atoms. The topological polar surface area (TPSA) is 55.6 Å². The van der Waals surface area contributed by atoms with Gasteiger partial charge in [-0.15, -0.1) is 0 Å². The van der Waals surface area contributed by atoms with Gasteiger partial charge < -0.3 is 4.57 Å². The molecule has 0 fully saturated rings. The fourth-order valence-electron chi connectivity index (χ4n) is 2.95. The van der Waals surface area contributed by atoms with Crippen LogP contribution in [0.25, 0.3) is 5.69 Å². The standard InChI is InChI=1S/C19H24N4O/c1-3-5-6-15-7-9-16(10-8-15)23-19(24)17(4-2)18(21-23)13-22-12-11-20-14-22/h7-12,14,21H,3-6,13H2,1-2H3. The number of hydrogen-bond donors (Lipinski definition) is 1. The summed E-state index contributed by atoms with van der Waals surface area (Å²) in [5, 5.41) is 3.27. The zero-order valence-corrected chi connectivity index (χ0v) is 14.3. The molecule has 1 N–H and O–H groups in total. The van der Waals surface area contributed by atoms with Crippen molar-refractivity contribution in [2.45, 2.75) is 46.1 Å². The van der Waals surface area contributed by atoms with Gasteiger partial charge in [-0.2, -0.15) is 0 Å². The molecule has 0 unspecified atom stereocenters. The molecule has 0 amide bonds. The summed E-state index contributed by atoms with van der Waals surface area (Å²) >= 11 is 0. The minimum Gasteiger partial charge on any atom is -0.332 e. The third-order valence-corrected chi connectivity index (χ3v) is 4.34. The molecule has 3 aromatic rings. The smallest absolute Gasteiger partial charge is 0.274 e. The number of unbranched alkanes of at least 4 members (excludes halogenated alkanes) is 1. The summed E-state index contributed by atoms with van der Waals surface area (Å²) in [6.07, 6.45) is 9.58. The number of nitrogens with one attached hydrogen (secondary N) is 1. The predicted molar refractivity (Wildman–Crippen MR) is 95.7 cm³/mol. The van der Waals surface area contributed by atoms with Gasteiger partial charge in [-0.3, -0.25) is 9.89 Å². The number of aromatic nitrogens is 4. The summed E-state index contributed by atoms with van der Waals surface area (Å²) in [6.45, 7) is 4.83. The number of aryl methyl sites for hydroxylation is 1. The first-order valence-electron chi connectivity index (χ1n) is 8.60. The second-order valence-electron chi connectivity index (χ2n) is 6.07. The molecule has 3 rings (SSSR count). The fourth-order valence-corrected chi connectivity index (χ4v) is 2.95. The number of rotatable bonds is 7. The highest BCUT2D eigenvalue weighted by molar-refractivity contribution is 5.36. The lowest BCUT2D eigenvalue weighted by molar-refractivity contribution is 0.736. The van der Waals surface area contributed by atoms with Gasteiger partial charge in [0, 0.05) is 18.0 Å². The van der Waals surface area contributed by atoms with E-state index in [2.05, 4.69) is 29.1 Å². The lowest BCUT2D eigenvalue weighted by Gasteiger charge is -2.05. The quantitative estimate of drug-likeness (QED) is 0.725. The van der Waals surface area contributed by atoms with E-state index in [9.17, 15) is 4.79 Å². The SMILES string of the molecule is CCCCc1ccc(-n2[nH]c(Cn3ccnc3)c(CC)c2=O)cc1. The molecule has 2 aromatic heterocycles. The maximum atomic E-state index is 12.7. The van der Waals surface area contributed by atoms with E-state index in [-0.39, 0.29) is 5.56 Å². The Hall–Kier alpha value is -2.56. The maximum Gasteiger partial charge on any atom is 0.274 e. The minimum atomic E-state index is 0.0360. The molecule has 5 nitrogen and oxygen atoms in total. The molecule has 126 valence electrons. The molecule has 24 heavy (non-hydrogen) atoms. The normalized spacial score (nSPS) is 11.1. The van der Waals surface area contributed by atoms with Crippen molar-refractivity contribution in [3.8, 4) is 5.69 Å². The van der Waals surface area contributed by atoms with Gasteiger partial charge in [0.25, 0.3) is 5.56 Å². The highest BCUT2D eigenvalue weighted by Gasteiger charge is 2.14. The van der Waals surface area contributed by atoms with E-state index in [0.717, 1.165) is 23.4 Å². The average molecular weight is 324 g/mol. The fraction of sp³-hybridized carbons (Fsp3) is 0.368. The molecule has 5 heteroatoms. The van der Waals surface area contributed by atoms with Crippen LogP contribution in [0.15, 0.2) is 47.8 Å². The van der Waals surface area contributed by atoms with Crippen molar-refractivity contribution in [1.82, 2.24) is 19.3 Å². The molecule has 0 aliphatic heterocycles. The molecule has 2 heterocycles. The number of hydrogen-bond acceptors (Lipinski definition) is 2. The summed E-state index contributed by atoms with van der Waals surface area (Å²) in [5.41, 5.74) is 4.00. The molecule has 0 aliphatic rings. The second-order valence-corrected chi connectivity index (χ2v) is 6.07. The lowest BCUT2D eigenvalue weighted by atomic mass is 10.1. The minimum absolute atomic E-state index is 0.0360. The van der Waals surface area contributed by atoms with Gasteiger partial charge in [-0.1, -0.05) is 32.4 Å². The molecule has 1 aromatic carbocycles. The van der Waals surface area contributed by atoms with Crippen molar-refractivity contribution in [2.24, 2.45) is 0 Å². The van der Waals surface area contributed by atoms with Gasteiger partial charge in [0.1, 0.15) is 0 Å². The largest absolute Gasteiger partial charge is 0.332 e. The van der Waals surface area contributed by atoms with Crippen LogP contribution in [0.4, 0.5) is 0 Å². The number of imidazole rings is 1. The summed E-state index contributed by atoms with van der Waals surface area (Å²) in [4.78, 5) is 16.8. The molecular weight excluding hydrogens is 300 g/mol. The Labute approximate surface area is 142 Å². The summed E-state index contributed by atoms with van der Waals surface area (Å²) in [7, 11) is 0. The zero-order chi connectivity index (χ0) is 16.9. The van der Waals surface area contributed by atoms with E-state index >= 15 is 0 Å². The Morgan fingerprint density at radius 3 is 2.58 bits per heavy atom. The van der Waals surface area contributed by atoms with Crippen molar-refractivity contribution < 1.29 is 0 Å². The first-order chi connectivity index (χ1) is 11.7. The van der Waals surface area contributed by atoms with Crippen molar-refractivity contribution >= 4 is 0 Å². The summed E-state index contributed by atoms with van der Waals surface area (Å²) in [5.74, 6) is 0. The highest BCUT2D eigenvalue weighted by Crippen LogP contribution is 2.13. The Bertz CT molecular complexity index is 825. The number of aromatic amines is 1. The monoisotopic (exact) mass is 324 g/mol. The zero-order valence-electron chi connectivity index (χ0n) is 14.3. The van der Waals surface area contributed by atoms with E-state index in [0.29, 0.717) is 13.0 Å². The van der Waals surface area contributed by atoms with Crippen LogP contribution in [0.5, 0.6) is 0 Å². The summed E-state index contributed by atoms with van der Waals surface area (Å²) < 4.78 is 3.61. The second kappa shape index (κ2) is 7.34. The van der Waals surface area contributed by atoms with Crippen LogP contribution in [-0.2, 0) is 19.4 Å². The van der Waals surface area contributed by atoms with Gasteiger partial charge in [0.05, 0.1) is 24.3 Å². The molecule has 0 spiro atoms.